The summed E-state index contributed by atoms with van der Waals surface area (Å²) in [4.78, 5) is 20.1. The molecule has 0 aliphatic rings. The molecule has 0 bridgehead atoms. The highest BCUT2D eigenvalue weighted by atomic mass is 16.6. The van der Waals surface area contributed by atoms with Gasteiger partial charge in [-0.15, -0.1) is 0 Å². The zero-order valence-corrected chi connectivity index (χ0v) is 17.3. The number of anilines is 2. The Kier molecular flexibility index (Phi) is 4.83. The predicted octanol–water partition coefficient (Wildman–Crippen LogP) is 3.51. The van der Waals surface area contributed by atoms with Crippen LogP contribution in [0.4, 0.5) is 11.5 Å². The first-order valence-electron chi connectivity index (χ1n) is 9.80. The number of fused-ring (bicyclic) bond motifs is 1. The summed E-state index contributed by atoms with van der Waals surface area (Å²) in [5.41, 5.74) is 8.77. The molecule has 11 nitrogen and oxygen atoms in total. The number of ether oxygens (including phenoxy) is 1. The average Bonchev–Trinajstić information content (AvgIpc) is 3.38. The number of aromatic hydroxyl groups is 1. The third-order valence-corrected chi connectivity index (χ3v) is 4.75. The zero-order valence-electron chi connectivity index (χ0n) is 17.3. The Labute approximate surface area is 186 Å². The molecule has 3 aromatic heterocycles. The first kappa shape index (κ1) is 20.0. The lowest BCUT2D eigenvalue weighted by Gasteiger charge is -2.09. The minimum atomic E-state index is -0.156. The summed E-state index contributed by atoms with van der Waals surface area (Å²) in [5.74, 6) is 1.32. The van der Waals surface area contributed by atoms with E-state index in [2.05, 4.69) is 25.6 Å². The van der Waals surface area contributed by atoms with E-state index in [4.69, 9.17) is 15.1 Å². The van der Waals surface area contributed by atoms with E-state index in [0.717, 1.165) is 0 Å². The average molecular weight is 443 g/mol. The van der Waals surface area contributed by atoms with E-state index in [-0.39, 0.29) is 23.2 Å². The molecular weight excluding hydrogens is 426 g/mol. The number of rotatable bonds is 5. The molecule has 164 valence electrons. The Hall–Kier alpha value is -4.93. The summed E-state index contributed by atoms with van der Waals surface area (Å²) in [6.45, 7) is 1.44. The van der Waals surface area contributed by atoms with Crippen LogP contribution in [0.25, 0.3) is 28.2 Å². The zero-order chi connectivity index (χ0) is 22.9. The maximum Gasteiger partial charge on any atom is 0.221 e. The maximum atomic E-state index is 11.2. The number of hydrogen-bond donors (Lipinski definition) is 3. The molecule has 0 atom stereocenters. The molecule has 0 spiro atoms. The second-order valence-electron chi connectivity index (χ2n) is 7.10. The molecule has 2 aromatic carbocycles. The molecule has 3 heterocycles. The van der Waals surface area contributed by atoms with Gasteiger partial charge in [0, 0.05) is 24.4 Å². The smallest absolute Gasteiger partial charge is 0.221 e. The highest BCUT2D eigenvalue weighted by Gasteiger charge is 2.21. The third-order valence-electron chi connectivity index (χ3n) is 4.75. The lowest BCUT2D eigenvalue weighted by Crippen LogP contribution is -2.05. The molecule has 0 saturated heterocycles. The number of benzene rings is 2. The van der Waals surface area contributed by atoms with Gasteiger partial charge in [-0.3, -0.25) is 9.36 Å². The summed E-state index contributed by atoms with van der Waals surface area (Å²) in [5, 5.41) is 19.9. The number of imidazole rings is 1. The molecule has 0 aliphatic heterocycles. The van der Waals surface area contributed by atoms with E-state index in [1.54, 1.807) is 65.4 Å². The molecule has 4 N–H and O–H groups in total. The number of nitrogen functional groups attached to an aromatic ring is 1. The molecule has 0 fully saturated rings. The van der Waals surface area contributed by atoms with E-state index < -0.39 is 0 Å². The SMILES string of the molecule is CC(=O)Nc1ccc(Oc2cc3c(cn2)nc(-c2nonc2N)n3-c2ccc(O)cc2)cc1. The Bertz CT molecular complexity index is 1460. The van der Waals surface area contributed by atoms with Gasteiger partial charge in [0.1, 0.15) is 17.0 Å². The lowest BCUT2D eigenvalue weighted by atomic mass is 10.2. The number of nitrogens with zero attached hydrogens (tertiary/aromatic N) is 5. The van der Waals surface area contributed by atoms with Crippen LogP contribution in [0.1, 0.15) is 6.92 Å². The van der Waals surface area contributed by atoms with Crippen LogP contribution in [-0.4, -0.2) is 35.9 Å². The highest BCUT2D eigenvalue weighted by Crippen LogP contribution is 2.32. The van der Waals surface area contributed by atoms with Crippen LogP contribution in [-0.2, 0) is 4.79 Å². The molecule has 5 rings (SSSR count). The van der Waals surface area contributed by atoms with Crippen molar-refractivity contribution >= 4 is 28.4 Å². The van der Waals surface area contributed by atoms with Gasteiger partial charge in [-0.2, -0.15) is 0 Å². The second kappa shape index (κ2) is 7.96. The number of phenolic OH excluding ortho intramolecular Hbond substituents is 1. The van der Waals surface area contributed by atoms with Gasteiger partial charge in [-0.1, -0.05) is 0 Å². The van der Waals surface area contributed by atoms with Crippen molar-refractivity contribution < 1.29 is 19.3 Å². The third kappa shape index (κ3) is 3.90. The predicted molar refractivity (Wildman–Crippen MR) is 119 cm³/mol. The Morgan fingerprint density at radius 3 is 2.55 bits per heavy atom. The van der Waals surface area contributed by atoms with Gasteiger partial charge in [-0.05, 0) is 58.8 Å². The van der Waals surface area contributed by atoms with Crippen molar-refractivity contribution in [3.05, 3.63) is 60.8 Å². The van der Waals surface area contributed by atoms with Crippen LogP contribution in [0.5, 0.6) is 17.4 Å². The molecule has 5 aromatic rings. The van der Waals surface area contributed by atoms with E-state index in [1.165, 1.54) is 6.92 Å². The van der Waals surface area contributed by atoms with Gasteiger partial charge >= 0.3 is 0 Å². The topological polar surface area (TPSA) is 154 Å². The van der Waals surface area contributed by atoms with E-state index >= 15 is 0 Å². The van der Waals surface area contributed by atoms with Crippen LogP contribution in [0.2, 0.25) is 0 Å². The Balaban J connectivity index is 1.58. The van der Waals surface area contributed by atoms with Crippen LogP contribution in [0.15, 0.2) is 65.4 Å². The first-order valence-corrected chi connectivity index (χ1v) is 9.80. The van der Waals surface area contributed by atoms with Crippen molar-refractivity contribution in [1.82, 2.24) is 24.8 Å². The molecule has 33 heavy (non-hydrogen) atoms. The summed E-state index contributed by atoms with van der Waals surface area (Å²) < 4.78 is 12.5. The van der Waals surface area contributed by atoms with Gasteiger partial charge in [0.05, 0.1) is 11.7 Å². The van der Waals surface area contributed by atoms with E-state index in [0.29, 0.717) is 39.9 Å². The summed E-state index contributed by atoms with van der Waals surface area (Å²) in [6.07, 6.45) is 1.57. The number of phenols is 1. The monoisotopic (exact) mass is 443 g/mol. The van der Waals surface area contributed by atoms with Crippen molar-refractivity contribution in [3.8, 4) is 34.6 Å². The maximum absolute atomic E-state index is 11.2. The minimum Gasteiger partial charge on any atom is -0.508 e. The van der Waals surface area contributed by atoms with Crippen molar-refractivity contribution in [2.24, 2.45) is 0 Å². The molecule has 0 unspecified atom stereocenters. The van der Waals surface area contributed by atoms with E-state index in [9.17, 15) is 9.90 Å². The molecular formula is C22H17N7O4. The van der Waals surface area contributed by atoms with E-state index in [1.807, 2.05) is 0 Å². The van der Waals surface area contributed by atoms with Crippen LogP contribution >= 0.6 is 0 Å². The number of carbonyl (C=O) groups excluding carboxylic acids is 1. The van der Waals surface area contributed by atoms with Crippen molar-refractivity contribution in [3.63, 3.8) is 0 Å². The van der Waals surface area contributed by atoms with Crippen LogP contribution in [0, 0.1) is 0 Å². The van der Waals surface area contributed by atoms with Gasteiger partial charge in [0.25, 0.3) is 0 Å². The largest absolute Gasteiger partial charge is 0.508 e. The standard InChI is InChI=1S/C22H17N7O4/c1-12(30)25-13-2-8-16(9-3-13)32-19-10-18-17(11-24-19)26-22(20-21(23)28-33-27-20)29(18)14-4-6-15(31)7-5-14/h2-11,31H,1H3,(H2,23,28)(H,25,30). The quantitative estimate of drug-likeness (QED) is 0.370. The molecule has 0 aliphatic carbocycles. The number of pyridine rings is 1. The van der Waals surface area contributed by atoms with Crippen molar-refractivity contribution in [1.29, 1.82) is 0 Å². The number of aromatic nitrogens is 5. The fraction of sp³-hybridized carbons (Fsp3) is 0.0455. The molecule has 11 heteroatoms. The summed E-state index contributed by atoms with van der Waals surface area (Å²) >= 11 is 0. The second-order valence-corrected chi connectivity index (χ2v) is 7.10. The van der Waals surface area contributed by atoms with Crippen molar-refractivity contribution in [2.45, 2.75) is 6.92 Å². The summed E-state index contributed by atoms with van der Waals surface area (Å²) in [7, 11) is 0. The number of carbonyl (C=O) groups is 1. The van der Waals surface area contributed by atoms with Gasteiger partial charge in [-0.25, -0.2) is 14.6 Å². The first-order chi connectivity index (χ1) is 16.0. The molecule has 0 saturated carbocycles. The lowest BCUT2D eigenvalue weighted by molar-refractivity contribution is -0.114. The van der Waals surface area contributed by atoms with Crippen LogP contribution in [0.3, 0.4) is 0 Å². The number of nitrogens with one attached hydrogen (secondary N) is 1. The number of amides is 1. The fourth-order valence-electron chi connectivity index (χ4n) is 3.32. The number of hydrogen-bond acceptors (Lipinski definition) is 9. The minimum absolute atomic E-state index is 0.0917. The molecule has 1 amide bonds. The molecule has 0 radical (unpaired) electrons. The van der Waals surface area contributed by atoms with Gasteiger partial charge < -0.3 is 20.9 Å². The van der Waals surface area contributed by atoms with Gasteiger partial charge in [0.2, 0.25) is 11.8 Å². The highest BCUT2D eigenvalue weighted by molar-refractivity contribution is 5.88. The Morgan fingerprint density at radius 2 is 1.88 bits per heavy atom. The summed E-state index contributed by atoms with van der Waals surface area (Å²) in [6, 6.07) is 15.2. The van der Waals surface area contributed by atoms with Crippen molar-refractivity contribution in [2.75, 3.05) is 11.1 Å². The Morgan fingerprint density at radius 1 is 1.12 bits per heavy atom. The van der Waals surface area contributed by atoms with Crippen LogP contribution < -0.4 is 15.8 Å². The normalized spacial score (nSPS) is 10.9. The number of nitrogens with two attached hydrogens (primary N) is 1. The fourth-order valence-corrected chi connectivity index (χ4v) is 3.32. The van der Waals surface area contributed by atoms with Gasteiger partial charge in [0.15, 0.2) is 17.3 Å².